The van der Waals surface area contributed by atoms with Crippen molar-refractivity contribution in [2.24, 2.45) is 11.8 Å². The number of furan rings is 1. The molecular formula is C24H30N4O4. The van der Waals surface area contributed by atoms with Gasteiger partial charge in [-0.2, -0.15) is 0 Å². The third kappa shape index (κ3) is 4.26. The summed E-state index contributed by atoms with van der Waals surface area (Å²) < 4.78 is 5.04. The van der Waals surface area contributed by atoms with E-state index in [9.17, 15) is 14.4 Å². The van der Waals surface area contributed by atoms with Crippen molar-refractivity contribution >= 4 is 17.8 Å². The number of carbonyl (C=O) groups is 3. The van der Waals surface area contributed by atoms with Gasteiger partial charge in [-0.3, -0.25) is 19.5 Å². The van der Waals surface area contributed by atoms with Gasteiger partial charge in [0.25, 0.3) is 11.8 Å². The molecule has 2 aromatic rings. The standard InChI is InChI=1S/C24H30N4O4/c1-17(2)6-10-24(19-7-12-27(13-8-19)21(29)18-9-14-32-16-18)22(30)28(23(31)26-24)15-20-5-3-4-11-25-20/h3-5,9,11,14,16-17,19H,6-8,10,12-13,15H2,1-2H3,(H,26,31). The van der Waals surface area contributed by atoms with Gasteiger partial charge in [0.1, 0.15) is 11.8 Å². The Balaban J connectivity index is 1.51. The Morgan fingerprint density at radius 1 is 1.25 bits per heavy atom. The highest BCUT2D eigenvalue weighted by atomic mass is 16.3. The van der Waals surface area contributed by atoms with Gasteiger partial charge in [-0.1, -0.05) is 19.9 Å². The van der Waals surface area contributed by atoms with E-state index < -0.39 is 5.54 Å². The molecule has 0 spiro atoms. The van der Waals surface area contributed by atoms with Gasteiger partial charge in [0.15, 0.2) is 0 Å². The summed E-state index contributed by atoms with van der Waals surface area (Å²) in [5, 5.41) is 3.08. The average Bonchev–Trinajstić information content (AvgIpc) is 3.42. The number of amides is 4. The van der Waals surface area contributed by atoms with Crippen molar-refractivity contribution in [1.82, 2.24) is 20.1 Å². The summed E-state index contributed by atoms with van der Waals surface area (Å²) in [5.41, 5.74) is 0.280. The Labute approximate surface area is 188 Å². The van der Waals surface area contributed by atoms with Crippen LogP contribution in [0.2, 0.25) is 0 Å². The molecule has 4 heterocycles. The molecule has 2 fully saturated rings. The number of hydrogen-bond donors (Lipinski definition) is 1. The fourth-order valence-electron chi connectivity index (χ4n) is 4.75. The van der Waals surface area contributed by atoms with Crippen molar-refractivity contribution < 1.29 is 18.8 Å². The highest BCUT2D eigenvalue weighted by molar-refractivity contribution is 6.07. The molecule has 0 aromatic carbocycles. The third-order valence-electron chi connectivity index (χ3n) is 6.61. The number of pyridine rings is 1. The van der Waals surface area contributed by atoms with Crippen LogP contribution in [-0.4, -0.2) is 51.3 Å². The van der Waals surface area contributed by atoms with E-state index in [1.807, 2.05) is 12.1 Å². The van der Waals surface area contributed by atoms with Gasteiger partial charge in [-0.15, -0.1) is 0 Å². The molecule has 1 unspecified atom stereocenters. The van der Waals surface area contributed by atoms with Gasteiger partial charge in [0.05, 0.1) is 24.1 Å². The smallest absolute Gasteiger partial charge is 0.325 e. The molecule has 1 N–H and O–H groups in total. The summed E-state index contributed by atoms with van der Waals surface area (Å²) in [7, 11) is 0. The van der Waals surface area contributed by atoms with E-state index in [4.69, 9.17) is 4.42 Å². The van der Waals surface area contributed by atoms with Crippen molar-refractivity contribution in [3.8, 4) is 0 Å². The van der Waals surface area contributed by atoms with E-state index in [-0.39, 0.29) is 30.3 Å². The Morgan fingerprint density at radius 2 is 2.03 bits per heavy atom. The Hall–Kier alpha value is -3.16. The maximum Gasteiger partial charge on any atom is 0.325 e. The van der Waals surface area contributed by atoms with Gasteiger partial charge in [0, 0.05) is 19.3 Å². The van der Waals surface area contributed by atoms with E-state index in [1.165, 1.54) is 17.4 Å². The lowest BCUT2D eigenvalue weighted by atomic mass is 9.73. The largest absolute Gasteiger partial charge is 0.472 e. The fraction of sp³-hybridized carbons (Fsp3) is 0.500. The van der Waals surface area contributed by atoms with Gasteiger partial charge in [0.2, 0.25) is 0 Å². The minimum absolute atomic E-state index is 0.0279. The maximum absolute atomic E-state index is 13.7. The van der Waals surface area contributed by atoms with Crippen LogP contribution in [0, 0.1) is 11.8 Å². The zero-order valence-corrected chi connectivity index (χ0v) is 18.6. The molecule has 2 saturated heterocycles. The first-order valence-electron chi connectivity index (χ1n) is 11.3. The number of hydrogen-bond acceptors (Lipinski definition) is 5. The lowest BCUT2D eigenvalue weighted by Gasteiger charge is -2.41. The van der Waals surface area contributed by atoms with Crippen molar-refractivity contribution in [1.29, 1.82) is 0 Å². The van der Waals surface area contributed by atoms with E-state index in [0.29, 0.717) is 49.5 Å². The zero-order chi connectivity index (χ0) is 22.7. The van der Waals surface area contributed by atoms with Crippen molar-refractivity contribution in [3.05, 3.63) is 54.2 Å². The number of carbonyl (C=O) groups excluding carboxylic acids is 3. The molecule has 32 heavy (non-hydrogen) atoms. The van der Waals surface area contributed by atoms with Gasteiger partial charge < -0.3 is 14.6 Å². The van der Waals surface area contributed by atoms with Crippen molar-refractivity contribution in [3.63, 3.8) is 0 Å². The lowest BCUT2D eigenvalue weighted by molar-refractivity contribution is -0.134. The second-order valence-electron chi connectivity index (χ2n) is 9.12. The van der Waals surface area contributed by atoms with Gasteiger partial charge in [-0.25, -0.2) is 4.79 Å². The molecule has 4 amide bonds. The van der Waals surface area contributed by atoms with Crippen LogP contribution in [0.3, 0.4) is 0 Å². The van der Waals surface area contributed by atoms with Crippen molar-refractivity contribution in [2.45, 2.75) is 51.6 Å². The van der Waals surface area contributed by atoms with Crippen LogP contribution in [0.15, 0.2) is 47.4 Å². The van der Waals surface area contributed by atoms with Crippen LogP contribution in [0.4, 0.5) is 4.79 Å². The minimum Gasteiger partial charge on any atom is -0.472 e. The Bertz CT molecular complexity index is 952. The molecule has 2 aliphatic heterocycles. The summed E-state index contributed by atoms with van der Waals surface area (Å²) in [4.78, 5) is 46.6. The molecule has 8 heteroatoms. The zero-order valence-electron chi connectivity index (χ0n) is 18.6. The molecule has 0 saturated carbocycles. The van der Waals surface area contributed by atoms with E-state index in [0.717, 1.165) is 6.42 Å². The van der Waals surface area contributed by atoms with Crippen LogP contribution in [0.1, 0.15) is 55.6 Å². The topological polar surface area (TPSA) is 95.8 Å². The second kappa shape index (κ2) is 9.14. The fourth-order valence-corrected chi connectivity index (χ4v) is 4.75. The number of imide groups is 1. The quantitative estimate of drug-likeness (QED) is 0.668. The molecule has 4 rings (SSSR count). The van der Waals surface area contributed by atoms with Crippen LogP contribution >= 0.6 is 0 Å². The molecular weight excluding hydrogens is 408 g/mol. The van der Waals surface area contributed by atoms with E-state index in [2.05, 4.69) is 24.1 Å². The molecule has 2 aliphatic rings. The summed E-state index contributed by atoms with van der Waals surface area (Å²) in [6.07, 6.45) is 7.34. The number of rotatable bonds is 7. The van der Waals surface area contributed by atoms with Crippen LogP contribution < -0.4 is 5.32 Å². The lowest BCUT2D eigenvalue weighted by Crippen LogP contribution is -2.56. The highest BCUT2D eigenvalue weighted by Gasteiger charge is 2.55. The van der Waals surface area contributed by atoms with Crippen LogP contribution in [0.5, 0.6) is 0 Å². The first kappa shape index (κ1) is 22.0. The number of nitrogens with zero attached hydrogens (tertiary/aromatic N) is 3. The first-order valence-corrected chi connectivity index (χ1v) is 11.3. The monoisotopic (exact) mass is 438 g/mol. The summed E-state index contributed by atoms with van der Waals surface area (Å²) in [6.45, 7) is 5.48. The predicted molar refractivity (Wildman–Crippen MR) is 117 cm³/mol. The molecule has 0 radical (unpaired) electrons. The number of aromatic nitrogens is 1. The summed E-state index contributed by atoms with van der Waals surface area (Å²) in [6, 6.07) is 6.77. The van der Waals surface area contributed by atoms with E-state index >= 15 is 0 Å². The van der Waals surface area contributed by atoms with Gasteiger partial charge in [-0.05, 0) is 55.7 Å². The van der Waals surface area contributed by atoms with E-state index in [1.54, 1.807) is 23.2 Å². The maximum atomic E-state index is 13.7. The van der Waals surface area contributed by atoms with Crippen LogP contribution in [0.25, 0.3) is 0 Å². The molecule has 0 aliphatic carbocycles. The number of likely N-dealkylation sites (tertiary alicyclic amines) is 1. The first-order chi connectivity index (χ1) is 15.4. The van der Waals surface area contributed by atoms with Gasteiger partial charge >= 0.3 is 6.03 Å². The third-order valence-corrected chi connectivity index (χ3v) is 6.61. The number of piperidine rings is 1. The second-order valence-corrected chi connectivity index (χ2v) is 9.12. The average molecular weight is 439 g/mol. The minimum atomic E-state index is -0.930. The summed E-state index contributed by atoms with van der Waals surface area (Å²) >= 11 is 0. The SMILES string of the molecule is CC(C)CCC1(C2CCN(C(=O)c3ccoc3)CC2)NC(=O)N(Cc2ccccn2)C1=O. The van der Waals surface area contributed by atoms with Crippen LogP contribution in [-0.2, 0) is 11.3 Å². The number of nitrogens with one attached hydrogen (secondary N) is 1. The Morgan fingerprint density at radius 3 is 2.66 bits per heavy atom. The Kier molecular flexibility index (Phi) is 6.30. The molecule has 1 atom stereocenters. The molecule has 2 aromatic heterocycles. The predicted octanol–water partition coefficient (Wildman–Crippen LogP) is 3.45. The van der Waals surface area contributed by atoms with Crippen molar-refractivity contribution in [2.75, 3.05) is 13.1 Å². The highest BCUT2D eigenvalue weighted by Crippen LogP contribution is 2.38. The molecule has 170 valence electrons. The number of urea groups is 1. The normalized spacial score (nSPS) is 22.0. The molecule has 8 nitrogen and oxygen atoms in total. The molecule has 0 bridgehead atoms. The summed E-state index contributed by atoms with van der Waals surface area (Å²) in [5.74, 6) is 0.143.